The quantitative estimate of drug-likeness (QED) is 0.550. The minimum atomic E-state index is -0.775. The highest BCUT2D eigenvalue weighted by Crippen LogP contribution is 2.25. The molecule has 0 saturated carbocycles. The number of nitrogens with two attached hydrogens (primary N) is 1. The average molecular weight is 401 g/mol. The van der Waals surface area contributed by atoms with Crippen LogP contribution in [0, 0.1) is 13.8 Å². The first-order valence-corrected chi connectivity index (χ1v) is 8.83. The minimum absolute atomic E-state index is 0.194. The van der Waals surface area contributed by atoms with Crippen molar-refractivity contribution in [1.29, 1.82) is 0 Å². The number of imidazole rings is 2. The predicted molar refractivity (Wildman–Crippen MR) is 105 cm³/mol. The molecule has 4 aromatic rings. The summed E-state index contributed by atoms with van der Waals surface area (Å²) >= 11 is 6.17. The fraction of sp³-hybridized carbons (Fsp3) is 0.222. The van der Waals surface area contributed by atoms with Gasteiger partial charge in [0.05, 0.1) is 5.69 Å². The number of carbonyl (C=O) groups excluding carboxylic acids is 1. The Morgan fingerprint density at radius 1 is 1.25 bits per heavy atom. The van der Waals surface area contributed by atoms with Gasteiger partial charge in [-0.25, -0.2) is 9.36 Å². The van der Waals surface area contributed by atoms with Crippen molar-refractivity contribution in [2.45, 2.75) is 20.4 Å². The standard InChI is InChI=1S/C18H17ClN6O3/c1-9-4-5-11(19)6-12(9)25-10(2)7-23-14-15(21-17(23)25)22(3)18(28)24(16(14)27)8-13(20)26/h4-7H,8H2,1-3H3,(H2,20,26). The number of halogens is 1. The number of amides is 1. The van der Waals surface area contributed by atoms with Crippen molar-refractivity contribution in [1.82, 2.24) is 23.1 Å². The number of nitrogens with zero attached hydrogens (tertiary/aromatic N) is 5. The molecule has 144 valence electrons. The van der Waals surface area contributed by atoms with Gasteiger partial charge >= 0.3 is 5.69 Å². The number of primary amides is 1. The highest BCUT2D eigenvalue weighted by atomic mass is 35.5. The van der Waals surface area contributed by atoms with Crippen LogP contribution in [0.1, 0.15) is 11.3 Å². The Hall–Kier alpha value is -3.33. The molecule has 4 rings (SSSR count). The molecule has 0 bridgehead atoms. The van der Waals surface area contributed by atoms with Crippen molar-refractivity contribution in [2.75, 3.05) is 0 Å². The van der Waals surface area contributed by atoms with Gasteiger partial charge < -0.3 is 5.73 Å². The van der Waals surface area contributed by atoms with Gasteiger partial charge in [-0.15, -0.1) is 0 Å². The Morgan fingerprint density at radius 2 is 1.96 bits per heavy atom. The summed E-state index contributed by atoms with van der Waals surface area (Å²) < 4.78 is 5.53. The van der Waals surface area contributed by atoms with E-state index in [0.29, 0.717) is 10.8 Å². The van der Waals surface area contributed by atoms with Crippen molar-refractivity contribution >= 4 is 34.4 Å². The van der Waals surface area contributed by atoms with Gasteiger partial charge in [0.15, 0.2) is 11.2 Å². The first kappa shape index (κ1) is 18.1. The Balaban J connectivity index is 2.16. The molecule has 0 fully saturated rings. The number of fused-ring (bicyclic) bond motifs is 3. The summed E-state index contributed by atoms with van der Waals surface area (Å²) in [6, 6.07) is 5.50. The summed E-state index contributed by atoms with van der Waals surface area (Å²) in [7, 11) is 1.50. The monoisotopic (exact) mass is 400 g/mol. The normalized spacial score (nSPS) is 11.6. The number of carbonyl (C=O) groups is 1. The minimum Gasteiger partial charge on any atom is -0.368 e. The summed E-state index contributed by atoms with van der Waals surface area (Å²) in [4.78, 5) is 41.3. The van der Waals surface area contributed by atoms with Crippen LogP contribution in [0.2, 0.25) is 5.02 Å². The largest absolute Gasteiger partial charge is 0.368 e. The van der Waals surface area contributed by atoms with Gasteiger partial charge in [-0.1, -0.05) is 17.7 Å². The molecule has 0 aliphatic heterocycles. The molecule has 0 spiro atoms. The third kappa shape index (κ3) is 2.47. The molecule has 3 heterocycles. The van der Waals surface area contributed by atoms with Crippen LogP contribution in [0.25, 0.3) is 22.6 Å². The summed E-state index contributed by atoms with van der Waals surface area (Å²) in [5.41, 5.74) is 6.95. The second-order valence-electron chi connectivity index (χ2n) is 6.69. The van der Waals surface area contributed by atoms with Gasteiger partial charge in [0, 0.05) is 24.0 Å². The van der Waals surface area contributed by atoms with Crippen LogP contribution in [0.15, 0.2) is 34.0 Å². The highest BCUT2D eigenvalue weighted by molar-refractivity contribution is 6.30. The molecular weight excluding hydrogens is 384 g/mol. The van der Waals surface area contributed by atoms with Gasteiger partial charge in [0.2, 0.25) is 11.7 Å². The smallest absolute Gasteiger partial charge is 0.332 e. The van der Waals surface area contributed by atoms with E-state index in [2.05, 4.69) is 4.98 Å². The van der Waals surface area contributed by atoms with Crippen LogP contribution in [-0.4, -0.2) is 29.0 Å². The zero-order chi connectivity index (χ0) is 20.3. The first-order valence-electron chi connectivity index (χ1n) is 8.45. The summed E-state index contributed by atoms with van der Waals surface area (Å²) in [5.74, 6) is -0.315. The molecule has 0 unspecified atom stereocenters. The Labute approximate surface area is 163 Å². The third-order valence-electron chi connectivity index (χ3n) is 4.75. The summed E-state index contributed by atoms with van der Waals surface area (Å²) in [5, 5.41) is 0.569. The maximum Gasteiger partial charge on any atom is 0.332 e. The molecule has 0 aliphatic carbocycles. The molecule has 2 N–H and O–H groups in total. The number of hydrogen-bond donors (Lipinski definition) is 1. The van der Waals surface area contributed by atoms with Crippen molar-refractivity contribution in [3.8, 4) is 5.69 Å². The molecule has 9 nitrogen and oxygen atoms in total. The molecule has 10 heteroatoms. The van der Waals surface area contributed by atoms with Crippen LogP contribution >= 0.6 is 11.6 Å². The van der Waals surface area contributed by atoms with E-state index in [4.69, 9.17) is 17.3 Å². The van der Waals surface area contributed by atoms with E-state index in [1.54, 1.807) is 16.7 Å². The Morgan fingerprint density at radius 3 is 2.64 bits per heavy atom. The topological polar surface area (TPSA) is 109 Å². The number of aromatic nitrogens is 5. The van der Waals surface area contributed by atoms with E-state index in [1.807, 2.05) is 30.5 Å². The van der Waals surface area contributed by atoms with Gasteiger partial charge in [-0.2, -0.15) is 4.98 Å². The van der Waals surface area contributed by atoms with E-state index in [9.17, 15) is 14.4 Å². The molecule has 0 radical (unpaired) electrons. The number of rotatable bonds is 3. The SMILES string of the molecule is Cc1ccc(Cl)cc1-n1c(C)cn2c3c(=O)n(CC(N)=O)c(=O)n(C)c3nc12. The van der Waals surface area contributed by atoms with Crippen molar-refractivity contribution in [2.24, 2.45) is 12.8 Å². The zero-order valence-corrected chi connectivity index (χ0v) is 16.2. The second kappa shape index (κ2) is 6.10. The van der Waals surface area contributed by atoms with Crippen molar-refractivity contribution in [3.05, 3.63) is 61.5 Å². The lowest BCUT2D eigenvalue weighted by Crippen LogP contribution is -2.42. The molecule has 0 saturated heterocycles. The molecule has 1 amide bonds. The number of hydrogen-bond acceptors (Lipinski definition) is 4. The van der Waals surface area contributed by atoms with Crippen molar-refractivity contribution < 1.29 is 4.79 Å². The average Bonchev–Trinajstić information content (AvgIpc) is 3.13. The molecule has 3 aromatic heterocycles. The molecule has 28 heavy (non-hydrogen) atoms. The van der Waals surface area contributed by atoms with E-state index >= 15 is 0 Å². The number of benzene rings is 1. The lowest BCUT2D eigenvalue weighted by molar-refractivity contribution is -0.118. The first-order chi connectivity index (χ1) is 13.2. The second-order valence-corrected chi connectivity index (χ2v) is 7.13. The maximum absolute atomic E-state index is 12.9. The van der Waals surface area contributed by atoms with Crippen LogP contribution in [0.3, 0.4) is 0 Å². The van der Waals surface area contributed by atoms with Crippen LogP contribution in [0.4, 0.5) is 0 Å². The third-order valence-corrected chi connectivity index (χ3v) is 4.99. The van der Waals surface area contributed by atoms with E-state index < -0.39 is 23.7 Å². The highest BCUT2D eigenvalue weighted by Gasteiger charge is 2.21. The fourth-order valence-corrected chi connectivity index (χ4v) is 3.59. The number of aryl methyl sites for hydroxylation is 3. The Kier molecular flexibility index (Phi) is 3.93. The predicted octanol–water partition coefficient (Wildman–Crippen LogP) is 0.894. The van der Waals surface area contributed by atoms with Gasteiger partial charge in [0.1, 0.15) is 6.54 Å². The van der Waals surface area contributed by atoms with Gasteiger partial charge in [-0.3, -0.25) is 23.1 Å². The molecule has 0 aliphatic rings. The van der Waals surface area contributed by atoms with Gasteiger partial charge in [0.25, 0.3) is 5.56 Å². The van der Waals surface area contributed by atoms with Crippen LogP contribution in [-0.2, 0) is 18.4 Å². The lowest BCUT2D eigenvalue weighted by atomic mass is 10.2. The van der Waals surface area contributed by atoms with Crippen molar-refractivity contribution in [3.63, 3.8) is 0 Å². The summed E-state index contributed by atoms with van der Waals surface area (Å²) in [6.45, 7) is 3.33. The van der Waals surface area contributed by atoms with E-state index in [0.717, 1.165) is 21.5 Å². The fourth-order valence-electron chi connectivity index (χ4n) is 3.43. The van der Waals surface area contributed by atoms with Crippen LogP contribution in [0.5, 0.6) is 0 Å². The zero-order valence-electron chi connectivity index (χ0n) is 15.4. The maximum atomic E-state index is 12.9. The Bertz CT molecular complexity index is 1410. The molecule has 0 atom stereocenters. The van der Waals surface area contributed by atoms with E-state index in [-0.39, 0.29) is 11.2 Å². The van der Waals surface area contributed by atoms with E-state index in [1.165, 1.54) is 11.6 Å². The van der Waals surface area contributed by atoms with Crippen LogP contribution < -0.4 is 17.0 Å². The van der Waals surface area contributed by atoms with Gasteiger partial charge in [-0.05, 0) is 31.5 Å². The summed E-state index contributed by atoms with van der Waals surface area (Å²) in [6.07, 6.45) is 1.76. The molecular formula is C18H17ClN6O3. The molecule has 1 aromatic carbocycles. The lowest BCUT2D eigenvalue weighted by Gasteiger charge is -2.10.